The lowest BCUT2D eigenvalue weighted by molar-refractivity contribution is -0.148. The molecule has 0 amide bonds. The predicted molar refractivity (Wildman–Crippen MR) is 126 cm³/mol. The van der Waals surface area contributed by atoms with Crippen LogP contribution >= 0.6 is 11.6 Å². The molecule has 0 spiro atoms. The summed E-state index contributed by atoms with van der Waals surface area (Å²) in [7, 11) is 0. The van der Waals surface area contributed by atoms with Crippen LogP contribution in [-0.2, 0) is 25.6 Å². The van der Waals surface area contributed by atoms with Gasteiger partial charge in [-0.15, -0.1) is 0 Å². The van der Waals surface area contributed by atoms with Gasteiger partial charge >= 0.3 is 11.7 Å². The summed E-state index contributed by atoms with van der Waals surface area (Å²) >= 11 is 5.91. The fraction of sp³-hybridized carbons (Fsp3) is 0.280. The number of ether oxygens (including phenoxy) is 3. The number of rotatable bonds is 7. The second-order valence-electron chi connectivity index (χ2n) is 8.12. The Morgan fingerprint density at radius 3 is 2.47 bits per heavy atom. The molecule has 1 saturated heterocycles. The minimum atomic E-state index is -1.37. The largest absolute Gasteiger partial charge is 0.463 e. The molecule has 3 aromatic rings. The molecule has 1 aliphatic heterocycles. The van der Waals surface area contributed by atoms with E-state index in [-0.39, 0.29) is 29.8 Å². The Morgan fingerprint density at radius 2 is 1.81 bits per heavy atom. The summed E-state index contributed by atoms with van der Waals surface area (Å²) in [6.45, 7) is 1.24. The summed E-state index contributed by atoms with van der Waals surface area (Å²) in [4.78, 5) is 49.7. The van der Waals surface area contributed by atoms with Gasteiger partial charge in [-0.1, -0.05) is 41.9 Å². The van der Waals surface area contributed by atoms with Gasteiger partial charge in [0.2, 0.25) is 5.82 Å². The van der Waals surface area contributed by atoms with Crippen LogP contribution in [0.3, 0.4) is 0 Å². The number of carbonyl (C=O) groups excluding carboxylic acids is 2. The zero-order valence-corrected chi connectivity index (χ0v) is 19.9. The molecule has 1 fully saturated rings. The number of hydrogen-bond donors (Lipinski definition) is 0. The SMILES string of the molecule is CC(=O)OC[C@@H]1O[C@H](n2cc(F)c(=O)n(C(=O)c3ccccc3)c2=O)CC1OCc1ccc(Cl)cc1. The summed E-state index contributed by atoms with van der Waals surface area (Å²) in [5, 5.41) is 0.567. The Labute approximate surface area is 209 Å². The first-order valence-electron chi connectivity index (χ1n) is 11.0. The molecule has 0 bridgehead atoms. The molecule has 1 aromatic heterocycles. The first-order valence-corrected chi connectivity index (χ1v) is 11.4. The van der Waals surface area contributed by atoms with Gasteiger partial charge in [0.25, 0.3) is 11.5 Å². The Kier molecular flexibility index (Phi) is 7.78. The summed E-state index contributed by atoms with van der Waals surface area (Å²) < 4.78 is 32.6. The fourth-order valence-corrected chi connectivity index (χ4v) is 3.94. The number of benzene rings is 2. The van der Waals surface area contributed by atoms with Gasteiger partial charge in [0.05, 0.1) is 18.9 Å². The van der Waals surface area contributed by atoms with E-state index in [1.54, 1.807) is 42.5 Å². The molecule has 0 aliphatic carbocycles. The van der Waals surface area contributed by atoms with Gasteiger partial charge in [-0.25, -0.2) is 4.79 Å². The average molecular weight is 517 g/mol. The quantitative estimate of drug-likeness (QED) is 0.444. The van der Waals surface area contributed by atoms with E-state index < -0.39 is 47.4 Å². The lowest BCUT2D eigenvalue weighted by Gasteiger charge is -2.19. The minimum Gasteiger partial charge on any atom is -0.463 e. The molecule has 2 aromatic carbocycles. The van der Waals surface area contributed by atoms with Crippen LogP contribution in [0.5, 0.6) is 0 Å². The van der Waals surface area contributed by atoms with Crippen molar-refractivity contribution in [1.82, 2.24) is 9.13 Å². The Hall–Kier alpha value is -3.60. The maximum absolute atomic E-state index is 14.6. The second-order valence-corrected chi connectivity index (χ2v) is 8.56. The van der Waals surface area contributed by atoms with Gasteiger partial charge in [0.15, 0.2) is 0 Å². The molecule has 3 atom stereocenters. The molecule has 0 N–H and O–H groups in total. The van der Waals surface area contributed by atoms with Crippen molar-refractivity contribution in [1.29, 1.82) is 0 Å². The molecule has 2 heterocycles. The molecule has 0 saturated carbocycles. The third-order valence-corrected chi connectivity index (χ3v) is 5.87. The monoisotopic (exact) mass is 516 g/mol. The van der Waals surface area contributed by atoms with Crippen LogP contribution in [0.15, 0.2) is 70.4 Å². The first kappa shape index (κ1) is 25.5. The molecular weight excluding hydrogens is 495 g/mol. The standard InChI is InChI=1S/C25H22ClFN2O7/c1-15(30)34-14-21-20(35-13-16-7-9-18(26)10-8-16)11-22(36-21)28-12-19(27)24(32)29(25(28)33)23(31)17-5-3-2-4-6-17/h2-10,12,20-22H,11,13-14H2,1H3/t20?,21-,22-/m0/s1. The number of halogens is 2. The summed E-state index contributed by atoms with van der Waals surface area (Å²) in [6.07, 6.45) is -1.75. The Balaban J connectivity index is 1.62. The van der Waals surface area contributed by atoms with E-state index in [0.717, 1.165) is 10.1 Å². The predicted octanol–water partition coefficient (Wildman–Crippen LogP) is 2.93. The summed E-state index contributed by atoms with van der Waals surface area (Å²) in [5.74, 6) is -2.81. The molecule has 0 radical (unpaired) electrons. The van der Waals surface area contributed by atoms with E-state index in [0.29, 0.717) is 11.2 Å². The van der Waals surface area contributed by atoms with Crippen molar-refractivity contribution in [3.63, 3.8) is 0 Å². The highest BCUT2D eigenvalue weighted by molar-refractivity contribution is 6.30. The van der Waals surface area contributed by atoms with Crippen LogP contribution in [0.1, 0.15) is 35.5 Å². The van der Waals surface area contributed by atoms with Crippen LogP contribution in [-0.4, -0.2) is 39.8 Å². The van der Waals surface area contributed by atoms with Crippen molar-refractivity contribution in [2.24, 2.45) is 0 Å². The minimum absolute atomic E-state index is 0.0399. The van der Waals surface area contributed by atoms with Gasteiger partial charge in [0.1, 0.15) is 18.9 Å². The van der Waals surface area contributed by atoms with Crippen molar-refractivity contribution < 1.29 is 28.2 Å². The molecule has 1 unspecified atom stereocenters. The van der Waals surface area contributed by atoms with Crippen molar-refractivity contribution >= 4 is 23.5 Å². The second kappa shape index (κ2) is 11.0. The topological polar surface area (TPSA) is 106 Å². The van der Waals surface area contributed by atoms with Crippen molar-refractivity contribution in [2.75, 3.05) is 6.61 Å². The highest BCUT2D eigenvalue weighted by Crippen LogP contribution is 2.31. The maximum atomic E-state index is 14.6. The van der Waals surface area contributed by atoms with Crippen LogP contribution in [0.4, 0.5) is 4.39 Å². The molecule has 36 heavy (non-hydrogen) atoms. The Morgan fingerprint density at radius 1 is 1.11 bits per heavy atom. The van der Waals surface area contributed by atoms with Crippen molar-refractivity contribution in [2.45, 2.75) is 38.4 Å². The Bertz CT molecular complexity index is 1370. The molecular formula is C25H22ClFN2O7. The van der Waals surface area contributed by atoms with Crippen molar-refractivity contribution in [3.8, 4) is 0 Å². The zero-order chi connectivity index (χ0) is 25.8. The number of nitrogens with zero attached hydrogens (tertiary/aromatic N) is 2. The van der Waals surface area contributed by atoms with Crippen LogP contribution < -0.4 is 11.2 Å². The molecule has 4 rings (SSSR count). The smallest absolute Gasteiger partial charge is 0.340 e. The number of carbonyl (C=O) groups is 2. The zero-order valence-electron chi connectivity index (χ0n) is 19.1. The van der Waals surface area contributed by atoms with E-state index >= 15 is 0 Å². The van der Waals surface area contributed by atoms with Gasteiger partial charge in [-0.3, -0.25) is 19.0 Å². The van der Waals surface area contributed by atoms with Gasteiger partial charge in [-0.2, -0.15) is 8.96 Å². The van der Waals surface area contributed by atoms with E-state index in [9.17, 15) is 23.6 Å². The molecule has 188 valence electrons. The lowest BCUT2D eigenvalue weighted by atomic mass is 10.1. The normalized spacial score (nSPS) is 19.2. The third-order valence-electron chi connectivity index (χ3n) is 5.61. The highest BCUT2D eigenvalue weighted by atomic mass is 35.5. The van der Waals surface area contributed by atoms with Crippen LogP contribution in [0.2, 0.25) is 5.02 Å². The summed E-state index contributed by atoms with van der Waals surface area (Å²) in [6, 6.07) is 14.6. The van der Waals surface area contributed by atoms with E-state index in [4.69, 9.17) is 25.8 Å². The number of esters is 1. The summed E-state index contributed by atoms with van der Waals surface area (Å²) in [5.41, 5.74) is -1.57. The molecule has 1 aliphatic rings. The van der Waals surface area contributed by atoms with Crippen LogP contribution in [0.25, 0.3) is 0 Å². The van der Waals surface area contributed by atoms with E-state index in [1.165, 1.54) is 19.1 Å². The van der Waals surface area contributed by atoms with Gasteiger partial charge in [0, 0.05) is 23.9 Å². The first-order chi connectivity index (χ1) is 17.2. The van der Waals surface area contributed by atoms with Crippen molar-refractivity contribution in [3.05, 3.63) is 104 Å². The van der Waals surface area contributed by atoms with E-state index in [2.05, 4.69) is 0 Å². The number of hydrogen-bond acceptors (Lipinski definition) is 7. The van der Waals surface area contributed by atoms with Crippen LogP contribution in [0, 0.1) is 5.82 Å². The van der Waals surface area contributed by atoms with Gasteiger partial charge in [-0.05, 0) is 29.8 Å². The maximum Gasteiger partial charge on any atom is 0.340 e. The number of aromatic nitrogens is 2. The average Bonchev–Trinajstić information content (AvgIpc) is 3.28. The fourth-order valence-electron chi connectivity index (χ4n) is 3.82. The van der Waals surface area contributed by atoms with Gasteiger partial charge < -0.3 is 14.2 Å². The molecule has 9 nitrogen and oxygen atoms in total. The molecule has 11 heteroatoms. The lowest BCUT2D eigenvalue weighted by Crippen LogP contribution is -2.46. The third kappa shape index (κ3) is 5.62. The highest BCUT2D eigenvalue weighted by Gasteiger charge is 2.39. The van der Waals surface area contributed by atoms with E-state index in [1.807, 2.05) is 0 Å².